The second kappa shape index (κ2) is 6.64. The highest BCUT2D eigenvalue weighted by Gasteiger charge is 2.30. The van der Waals surface area contributed by atoms with Crippen molar-refractivity contribution in [3.05, 3.63) is 28.7 Å². The lowest BCUT2D eigenvalue weighted by molar-refractivity contribution is -0.138. The van der Waals surface area contributed by atoms with Gasteiger partial charge in [0.2, 0.25) is 10.0 Å². The van der Waals surface area contributed by atoms with Crippen molar-refractivity contribution < 1.29 is 22.7 Å². The molecule has 1 N–H and O–H groups in total. The van der Waals surface area contributed by atoms with Gasteiger partial charge in [0.15, 0.2) is 5.58 Å². The smallest absolute Gasteiger partial charge is 0.419 e. The molecule has 1 aliphatic heterocycles. The van der Waals surface area contributed by atoms with Gasteiger partial charge in [-0.2, -0.15) is 4.31 Å². The molecule has 1 aliphatic rings. The fraction of sp³-hybridized carbons (Fsp3) is 0.500. The van der Waals surface area contributed by atoms with Gasteiger partial charge in [-0.15, -0.1) is 0 Å². The number of oxazole rings is 1. The van der Waals surface area contributed by atoms with Crippen molar-refractivity contribution in [2.75, 3.05) is 13.1 Å². The van der Waals surface area contributed by atoms with Crippen LogP contribution >= 0.6 is 0 Å². The van der Waals surface area contributed by atoms with Crippen LogP contribution in [0.25, 0.3) is 11.1 Å². The zero-order valence-electron chi connectivity index (χ0n) is 13.8. The molecule has 1 fully saturated rings. The maximum Gasteiger partial charge on any atom is 0.419 e. The third-order valence-corrected chi connectivity index (χ3v) is 6.53. The molecule has 0 bridgehead atoms. The highest BCUT2D eigenvalue weighted by molar-refractivity contribution is 7.89. The molecule has 25 heavy (non-hydrogen) atoms. The van der Waals surface area contributed by atoms with Crippen LogP contribution in [0.3, 0.4) is 0 Å². The number of carboxylic acids is 1. The SMILES string of the molecule is CCn1c(=O)oc2cc(S(=O)(=O)N3CCC(CC(=O)O)CC3)ccc21. The van der Waals surface area contributed by atoms with E-state index in [0.29, 0.717) is 24.9 Å². The summed E-state index contributed by atoms with van der Waals surface area (Å²) in [6.45, 7) is 2.83. The second-order valence-corrected chi connectivity index (χ2v) is 8.13. The monoisotopic (exact) mass is 368 g/mol. The van der Waals surface area contributed by atoms with E-state index >= 15 is 0 Å². The first-order valence-corrected chi connectivity index (χ1v) is 9.62. The number of nitrogens with zero attached hydrogens (tertiary/aromatic N) is 2. The zero-order chi connectivity index (χ0) is 18.2. The van der Waals surface area contributed by atoms with E-state index in [2.05, 4.69) is 0 Å². The van der Waals surface area contributed by atoms with Crippen LogP contribution in [0.5, 0.6) is 0 Å². The molecule has 8 nitrogen and oxygen atoms in total. The average Bonchev–Trinajstić information content (AvgIpc) is 2.88. The maximum absolute atomic E-state index is 12.8. The van der Waals surface area contributed by atoms with Gasteiger partial charge in [-0.1, -0.05) is 0 Å². The maximum atomic E-state index is 12.8. The molecular weight excluding hydrogens is 348 g/mol. The molecule has 1 aromatic carbocycles. The molecular formula is C16H20N2O6S. The Hall–Kier alpha value is -2.13. The van der Waals surface area contributed by atoms with Gasteiger partial charge in [-0.05, 0) is 37.8 Å². The predicted molar refractivity (Wildman–Crippen MR) is 89.9 cm³/mol. The molecule has 1 saturated heterocycles. The van der Waals surface area contributed by atoms with Gasteiger partial charge < -0.3 is 9.52 Å². The van der Waals surface area contributed by atoms with Crippen molar-refractivity contribution in [3.8, 4) is 0 Å². The van der Waals surface area contributed by atoms with Gasteiger partial charge in [0.05, 0.1) is 10.4 Å². The fourth-order valence-electron chi connectivity index (χ4n) is 3.26. The molecule has 9 heteroatoms. The minimum absolute atomic E-state index is 0.00281. The van der Waals surface area contributed by atoms with E-state index < -0.39 is 21.7 Å². The quantitative estimate of drug-likeness (QED) is 0.856. The van der Waals surface area contributed by atoms with Crippen LogP contribution in [-0.4, -0.2) is 41.5 Å². The number of carboxylic acid groups (broad SMARTS) is 1. The molecule has 0 aliphatic carbocycles. The number of aryl methyl sites for hydroxylation is 1. The minimum atomic E-state index is -3.70. The highest BCUT2D eigenvalue weighted by atomic mass is 32.2. The Bertz CT molecular complexity index is 951. The van der Waals surface area contributed by atoms with Crippen LogP contribution in [0, 0.1) is 5.92 Å². The Balaban J connectivity index is 1.84. The summed E-state index contributed by atoms with van der Waals surface area (Å²) >= 11 is 0. The van der Waals surface area contributed by atoms with E-state index in [1.54, 1.807) is 6.07 Å². The van der Waals surface area contributed by atoms with E-state index in [0.717, 1.165) is 0 Å². The molecule has 136 valence electrons. The lowest BCUT2D eigenvalue weighted by atomic mass is 9.95. The molecule has 2 aromatic rings. The highest BCUT2D eigenvalue weighted by Crippen LogP contribution is 2.27. The van der Waals surface area contributed by atoms with E-state index in [4.69, 9.17) is 9.52 Å². The van der Waals surface area contributed by atoms with E-state index in [1.807, 2.05) is 6.92 Å². The summed E-state index contributed by atoms with van der Waals surface area (Å²) in [5, 5.41) is 8.85. The Morgan fingerprint density at radius 3 is 2.60 bits per heavy atom. The first kappa shape index (κ1) is 17.7. The molecule has 3 rings (SSSR count). The van der Waals surface area contributed by atoms with Gasteiger partial charge in [0, 0.05) is 32.1 Å². The van der Waals surface area contributed by atoms with Crippen LogP contribution < -0.4 is 5.76 Å². The number of piperidine rings is 1. The molecule has 0 radical (unpaired) electrons. The lowest BCUT2D eigenvalue weighted by Gasteiger charge is -2.30. The second-order valence-electron chi connectivity index (χ2n) is 6.19. The largest absolute Gasteiger partial charge is 0.481 e. The van der Waals surface area contributed by atoms with Crippen molar-refractivity contribution in [1.82, 2.24) is 8.87 Å². The van der Waals surface area contributed by atoms with Crippen LogP contribution in [0.4, 0.5) is 0 Å². The lowest BCUT2D eigenvalue weighted by Crippen LogP contribution is -2.38. The topological polar surface area (TPSA) is 110 Å². The molecule has 0 unspecified atom stereocenters. The molecule has 0 spiro atoms. The summed E-state index contributed by atoms with van der Waals surface area (Å²) in [6.07, 6.45) is 1.11. The summed E-state index contributed by atoms with van der Waals surface area (Å²) in [4.78, 5) is 22.6. The number of rotatable bonds is 5. The first-order valence-electron chi connectivity index (χ1n) is 8.18. The molecule has 0 atom stereocenters. The number of hydrogen-bond acceptors (Lipinski definition) is 5. The van der Waals surface area contributed by atoms with Crippen molar-refractivity contribution in [1.29, 1.82) is 0 Å². The van der Waals surface area contributed by atoms with Crippen molar-refractivity contribution in [3.63, 3.8) is 0 Å². The number of aromatic nitrogens is 1. The summed E-state index contributed by atoms with van der Waals surface area (Å²) < 4.78 is 33.5. The molecule has 0 amide bonds. The van der Waals surface area contributed by atoms with Crippen molar-refractivity contribution >= 4 is 27.1 Å². The van der Waals surface area contributed by atoms with Crippen molar-refractivity contribution in [2.45, 2.75) is 37.6 Å². The van der Waals surface area contributed by atoms with E-state index in [9.17, 15) is 18.0 Å². The third kappa shape index (κ3) is 3.34. The number of carbonyl (C=O) groups is 1. The average molecular weight is 368 g/mol. The Labute approximate surface area is 144 Å². The summed E-state index contributed by atoms with van der Waals surface area (Å²) in [7, 11) is -3.70. The van der Waals surface area contributed by atoms with Gasteiger partial charge in [-0.3, -0.25) is 9.36 Å². The normalized spacial score (nSPS) is 17.2. The number of sulfonamides is 1. The summed E-state index contributed by atoms with van der Waals surface area (Å²) in [5.41, 5.74) is 0.806. The molecule has 2 heterocycles. The predicted octanol–water partition coefficient (Wildman–Crippen LogP) is 1.49. The van der Waals surface area contributed by atoms with Crippen LogP contribution in [0.2, 0.25) is 0 Å². The third-order valence-electron chi connectivity index (χ3n) is 4.63. The first-order chi connectivity index (χ1) is 11.8. The van der Waals surface area contributed by atoms with Crippen molar-refractivity contribution in [2.24, 2.45) is 5.92 Å². The summed E-state index contributed by atoms with van der Waals surface area (Å²) in [5.74, 6) is -1.37. The Morgan fingerprint density at radius 1 is 1.32 bits per heavy atom. The fourth-order valence-corrected chi connectivity index (χ4v) is 4.74. The molecule has 0 saturated carbocycles. The van der Waals surface area contributed by atoms with E-state index in [1.165, 1.54) is 21.0 Å². The Kier molecular flexibility index (Phi) is 4.70. The number of hydrogen-bond donors (Lipinski definition) is 1. The standard InChI is InChI=1S/C16H20N2O6S/c1-2-18-13-4-3-12(10-14(13)24-16(18)21)25(22,23)17-7-5-11(6-8-17)9-15(19)20/h3-4,10-11H,2,5-9H2,1H3,(H,19,20). The van der Waals surface area contributed by atoms with Gasteiger partial charge in [0.25, 0.3) is 0 Å². The van der Waals surface area contributed by atoms with Crippen LogP contribution in [0.1, 0.15) is 26.2 Å². The Morgan fingerprint density at radius 2 is 2.00 bits per heavy atom. The van der Waals surface area contributed by atoms with Crippen LogP contribution in [0.15, 0.2) is 32.3 Å². The van der Waals surface area contributed by atoms with Gasteiger partial charge in [-0.25, -0.2) is 13.2 Å². The van der Waals surface area contributed by atoms with Gasteiger partial charge in [0.1, 0.15) is 0 Å². The number of fused-ring (bicyclic) bond motifs is 1. The number of aliphatic carboxylic acids is 1. The molecule has 1 aromatic heterocycles. The minimum Gasteiger partial charge on any atom is -0.481 e. The summed E-state index contributed by atoms with van der Waals surface area (Å²) in [6, 6.07) is 4.43. The van der Waals surface area contributed by atoms with Gasteiger partial charge >= 0.3 is 11.7 Å². The zero-order valence-corrected chi connectivity index (χ0v) is 14.7. The van der Waals surface area contributed by atoms with Crippen LogP contribution in [-0.2, 0) is 21.4 Å². The number of benzene rings is 1. The van der Waals surface area contributed by atoms with E-state index in [-0.39, 0.29) is 35.9 Å².